The van der Waals surface area contributed by atoms with E-state index in [0.29, 0.717) is 19.4 Å². The molecule has 0 bridgehead atoms. The molecule has 0 saturated heterocycles. The molecule has 0 fully saturated rings. The van der Waals surface area contributed by atoms with Crippen LogP contribution in [0.1, 0.15) is 40.0 Å². The summed E-state index contributed by atoms with van der Waals surface area (Å²) in [5.41, 5.74) is 4.87. The van der Waals surface area contributed by atoms with E-state index in [0.717, 1.165) is 0 Å². The summed E-state index contributed by atoms with van der Waals surface area (Å²) < 4.78 is 13.8. The van der Waals surface area contributed by atoms with Gasteiger partial charge in [-0.2, -0.15) is 0 Å². The van der Waals surface area contributed by atoms with Gasteiger partial charge >= 0.3 is 144 Å². The number of carbonyl (C=O) groups excluding carboxylic acids is 3. The molecule has 0 aromatic rings. The first-order chi connectivity index (χ1) is 10.6. The summed E-state index contributed by atoms with van der Waals surface area (Å²) in [6.45, 7) is 5.74. The summed E-state index contributed by atoms with van der Waals surface area (Å²) in [5, 5.41) is 0. The quantitative estimate of drug-likeness (QED) is 0.357. The number of esters is 2. The first-order valence-corrected chi connectivity index (χ1v) is 9.75. The van der Waals surface area contributed by atoms with E-state index in [2.05, 4.69) is 0 Å². The van der Waals surface area contributed by atoms with Gasteiger partial charge in [0.25, 0.3) is 0 Å². The fourth-order valence-electron chi connectivity index (χ4n) is 1.95. The molecule has 8 heteroatoms. The van der Waals surface area contributed by atoms with Crippen LogP contribution >= 0.6 is 0 Å². The zero-order valence-corrected chi connectivity index (χ0v) is 16.6. The SMILES string of the molecule is COC(=O)[C@@H](CCCN)C[C@H]([AsH]C(=O)OC(C)(C)C)C(=O)OC. The summed E-state index contributed by atoms with van der Waals surface area (Å²) in [4.78, 5) is 35.8. The van der Waals surface area contributed by atoms with Gasteiger partial charge in [0.15, 0.2) is 0 Å². The summed E-state index contributed by atoms with van der Waals surface area (Å²) in [6, 6.07) is 0. The van der Waals surface area contributed by atoms with Gasteiger partial charge in [-0.25, -0.2) is 0 Å². The van der Waals surface area contributed by atoms with Crippen molar-refractivity contribution in [1.29, 1.82) is 0 Å². The second-order valence-electron chi connectivity index (χ2n) is 6.11. The average Bonchev–Trinajstić information content (AvgIpc) is 2.46. The van der Waals surface area contributed by atoms with E-state index in [-0.39, 0.29) is 11.2 Å². The predicted molar refractivity (Wildman–Crippen MR) is 87.6 cm³/mol. The molecule has 0 radical (unpaired) electrons. The molecule has 7 nitrogen and oxygen atoms in total. The molecular formula is C15H28AsNO6. The van der Waals surface area contributed by atoms with Crippen molar-refractivity contribution in [3.8, 4) is 0 Å². The standard InChI is InChI=1S/C15H28AsNO6/c1-15(2,3)23-14(20)16-11(13(19)22-5)9-10(7-6-8-17)12(18)21-4/h10-11,16H,6-9,17H2,1-5H3/t10-,11-/m0/s1. The monoisotopic (exact) mass is 393 g/mol. The number of carbonyl (C=O) groups is 3. The maximum absolute atomic E-state index is 12.0. The Labute approximate surface area is 144 Å². The topological polar surface area (TPSA) is 105 Å². The van der Waals surface area contributed by atoms with Crippen molar-refractivity contribution >= 4 is 32.4 Å². The Morgan fingerprint density at radius 3 is 2.09 bits per heavy atom. The van der Waals surface area contributed by atoms with E-state index < -0.39 is 43.9 Å². The minimum absolute atomic E-state index is 0.221. The Morgan fingerprint density at radius 1 is 1.09 bits per heavy atom. The van der Waals surface area contributed by atoms with E-state index in [1.54, 1.807) is 20.8 Å². The Bertz CT molecular complexity index is 407. The van der Waals surface area contributed by atoms with Crippen LogP contribution in [0.15, 0.2) is 0 Å². The summed E-state index contributed by atoms with van der Waals surface area (Å²) in [6.07, 6.45) is 1.37. The second-order valence-corrected chi connectivity index (χ2v) is 9.03. The van der Waals surface area contributed by atoms with Crippen molar-refractivity contribution < 1.29 is 28.6 Å². The molecular weight excluding hydrogens is 365 g/mol. The maximum atomic E-state index is 12.0. The van der Waals surface area contributed by atoms with Crippen molar-refractivity contribution in [2.75, 3.05) is 20.8 Å². The van der Waals surface area contributed by atoms with Gasteiger partial charge in [-0.1, -0.05) is 0 Å². The van der Waals surface area contributed by atoms with E-state index >= 15 is 0 Å². The third kappa shape index (κ3) is 9.61. The van der Waals surface area contributed by atoms with Crippen LogP contribution in [0.2, 0.25) is 4.71 Å². The number of hydrogen-bond donors (Lipinski definition) is 1. The first kappa shape index (κ1) is 21.9. The van der Waals surface area contributed by atoms with E-state index in [1.807, 2.05) is 0 Å². The molecule has 0 aromatic heterocycles. The molecule has 3 atom stereocenters. The van der Waals surface area contributed by atoms with Crippen LogP contribution in [0, 0.1) is 5.92 Å². The molecule has 0 aromatic carbocycles. The van der Waals surface area contributed by atoms with Gasteiger partial charge in [0.05, 0.1) is 0 Å². The number of rotatable bonds is 9. The molecule has 0 rings (SSSR count). The molecule has 0 aliphatic heterocycles. The molecule has 2 N–H and O–H groups in total. The Hall–Kier alpha value is -1.07. The minimum atomic E-state index is -1.43. The first-order valence-electron chi connectivity index (χ1n) is 7.49. The van der Waals surface area contributed by atoms with Gasteiger partial charge in [-0.05, 0) is 0 Å². The second kappa shape index (κ2) is 10.7. The Kier molecular flexibility index (Phi) is 10.2. The molecule has 1 unspecified atom stereocenters. The average molecular weight is 393 g/mol. The third-order valence-corrected chi connectivity index (χ3v) is 5.42. The summed E-state index contributed by atoms with van der Waals surface area (Å²) >= 11 is -1.43. The Balaban J connectivity index is 4.96. The van der Waals surface area contributed by atoms with Crippen LogP contribution in [0.4, 0.5) is 4.79 Å². The van der Waals surface area contributed by atoms with Gasteiger partial charge < -0.3 is 0 Å². The van der Waals surface area contributed by atoms with Crippen molar-refractivity contribution in [3.05, 3.63) is 0 Å². The predicted octanol–water partition coefficient (Wildman–Crippen LogP) is 1.24. The summed E-state index contributed by atoms with van der Waals surface area (Å²) in [7, 11) is 2.57. The number of ether oxygens (including phenoxy) is 3. The van der Waals surface area contributed by atoms with Gasteiger partial charge in [0, 0.05) is 0 Å². The Morgan fingerprint density at radius 2 is 1.65 bits per heavy atom. The van der Waals surface area contributed by atoms with Crippen LogP contribution < -0.4 is 5.73 Å². The number of methoxy groups -OCH3 is 2. The van der Waals surface area contributed by atoms with Gasteiger partial charge in [0.1, 0.15) is 0 Å². The van der Waals surface area contributed by atoms with Gasteiger partial charge in [-0.15, -0.1) is 0 Å². The zero-order valence-electron chi connectivity index (χ0n) is 14.5. The molecule has 0 aliphatic rings. The zero-order chi connectivity index (χ0) is 18.0. The van der Waals surface area contributed by atoms with Crippen LogP contribution in [0.5, 0.6) is 0 Å². The van der Waals surface area contributed by atoms with Crippen LogP contribution in [0.25, 0.3) is 0 Å². The summed E-state index contributed by atoms with van der Waals surface area (Å²) in [5.74, 6) is -1.36. The van der Waals surface area contributed by atoms with Crippen LogP contribution in [-0.2, 0) is 23.8 Å². The molecule has 23 heavy (non-hydrogen) atoms. The molecule has 0 aliphatic carbocycles. The number of hydrogen-bond acceptors (Lipinski definition) is 7. The van der Waals surface area contributed by atoms with E-state index in [1.165, 1.54) is 14.2 Å². The fourth-order valence-corrected chi connectivity index (χ4v) is 4.66. The number of nitrogens with two attached hydrogens (primary N) is 1. The molecule has 0 heterocycles. The van der Waals surface area contributed by atoms with Crippen molar-refractivity contribution in [3.63, 3.8) is 0 Å². The van der Waals surface area contributed by atoms with Gasteiger partial charge in [-0.3, -0.25) is 0 Å². The van der Waals surface area contributed by atoms with Crippen LogP contribution in [-0.4, -0.2) is 58.8 Å². The molecule has 0 amide bonds. The molecule has 0 saturated carbocycles. The van der Waals surface area contributed by atoms with Crippen molar-refractivity contribution in [1.82, 2.24) is 0 Å². The molecule has 0 spiro atoms. The van der Waals surface area contributed by atoms with E-state index in [4.69, 9.17) is 19.9 Å². The third-order valence-electron chi connectivity index (χ3n) is 2.99. The normalized spacial score (nSPS) is 14.3. The van der Waals surface area contributed by atoms with Crippen LogP contribution in [0.3, 0.4) is 0 Å². The van der Waals surface area contributed by atoms with Gasteiger partial charge in [0.2, 0.25) is 0 Å². The van der Waals surface area contributed by atoms with Crippen molar-refractivity contribution in [2.45, 2.75) is 50.3 Å². The van der Waals surface area contributed by atoms with Crippen molar-refractivity contribution in [2.24, 2.45) is 11.7 Å². The molecule has 134 valence electrons. The van der Waals surface area contributed by atoms with E-state index in [9.17, 15) is 14.4 Å². The fraction of sp³-hybridized carbons (Fsp3) is 0.800.